The molecule has 1 heterocycles. The molecule has 0 bridgehead atoms. The highest BCUT2D eigenvalue weighted by Gasteiger charge is 2.36. The van der Waals surface area contributed by atoms with Crippen LogP contribution in [-0.2, 0) is 11.8 Å². The fourth-order valence-electron chi connectivity index (χ4n) is 4.36. The summed E-state index contributed by atoms with van der Waals surface area (Å²) in [4.78, 5) is 40.2. The first-order valence-corrected chi connectivity index (χ1v) is 10.8. The Labute approximate surface area is 190 Å². The highest BCUT2D eigenvalue weighted by atomic mass is 35.5. The monoisotopic (exact) mass is 465 g/mol. The highest BCUT2D eigenvalue weighted by molar-refractivity contribution is 6.47. The van der Waals surface area contributed by atoms with E-state index in [9.17, 15) is 19.5 Å². The molecule has 0 unspecified atom stereocenters. The van der Waals surface area contributed by atoms with Gasteiger partial charge in [-0.2, -0.15) is 0 Å². The van der Waals surface area contributed by atoms with Crippen molar-refractivity contribution in [1.29, 1.82) is 0 Å². The maximum atomic E-state index is 13.5. The molecular formula is C22H25Cl2N3O4. The number of carbonyl (C=O) groups is 3. The zero-order chi connectivity index (χ0) is 23.0. The van der Waals surface area contributed by atoms with Gasteiger partial charge in [0.05, 0.1) is 17.4 Å². The first-order chi connectivity index (χ1) is 14.5. The third kappa shape index (κ3) is 4.49. The maximum Gasteiger partial charge on any atom is 0.301 e. The lowest BCUT2D eigenvalue weighted by atomic mass is 9.91. The molecule has 2 aromatic rings. The van der Waals surface area contributed by atoms with Crippen molar-refractivity contribution in [2.75, 3.05) is 4.90 Å². The average molecular weight is 466 g/mol. The second-order valence-corrected chi connectivity index (χ2v) is 8.82. The number of aliphatic hydroxyl groups is 1. The van der Waals surface area contributed by atoms with Crippen molar-refractivity contribution < 1.29 is 19.5 Å². The topological polar surface area (TPSA) is 106 Å². The van der Waals surface area contributed by atoms with Gasteiger partial charge in [-0.3, -0.25) is 14.4 Å². The number of amides is 2. The van der Waals surface area contributed by atoms with Crippen molar-refractivity contribution in [3.8, 4) is 0 Å². The normalized spacial score (nSPS) is 18.6. The molecule has 0 radical (unpaired) electrons. The van der Waals surface area contributed by atoms with Gasteiger partial charge in [0, 0.05) is 34.5 Å². The number of aliphatic hydroxyl groups excluding tert-OH is 1. The molecule has 1 aliphatic rings. The molecule has 1 aromatic heterocycles. The van der Waals surface area contributed by atoms with Crippen molar-refractivity contribution >= 4 is 46.5 Å². The van der Waals surface area contributed by atoms with E-state index in [1.165, 1.54) is 9.47 Å². The first kappa shape index (κ1) is 23.3. The summed E-state index contributed by atoms with van der Waals surface area (Å²) in [5.41, 5.74) is 7.12. The summed E-state index contributed by atoms with van der Waals surface area (Å²) in [6.45, 7) is 3.27. The smallest absolute Gasteiger partial charge is 0.301 e. The van der Waals surface area contributed by atoms with Gasteiger partial charge in [0.2, 0.25) is 0 Å². The van der Waals surface area contributed by atoms with E-state index < -0.39 is 23.7 Å². The Morgan fingerprint density at radius 2 is 1.61 bits per heavy atom. The van der Waals surface area contributed by atoms with Crippen molar-refractivity contribution in [1.82, 2.24) is 4.57 Å². The van der Waals surface area contributed by atoms with E-state index in [0.717, 1.165) is 0 Å². The second-order valence-electron chi connectivity index (χ2n) is 7.95. The Morgan fingerprint density at radius 3 is 2.10 bits per heavy atom. The Hall–Kier alpha value is -2.35. The van der Waals surface area contributed by atoms with Crippen LogP contribution in [0.25, 0.3) is 0 Å². The van der Waals surface area contributed by atoms with E-state index in [0.29, 0.717) is 52.7 Å². The maximum absolute atomic E-state index is 13.5. The van der Waals surface area contributed by atoms with Gasteiger partial charge in [0.25, 0.3) is 11.7 Å². The predicted molar refractivity (Wildman–Crippen MR) is 120 cm³/mol. The van der Waals surface area contributed by atoms with Crippen LogP contribution in [-0.4, -0.2) is 39.4 Å². The van der Waals surface area contributed by atoms with Gasteiger partial charge in [-0.25, -0.2) is 0 Å². The predicted octanol–water partition coefficient (Wildman–Crippen LogP) is 3.57. The largest absolute Gasteiger partial charge is 0.393 e. The molecule has 2 amide bonds. The van der Waals surface area contributed by atoms with E-state index in [1.54, 1.807) is 39.1 Å². The fraction of sp³-hybridized carbons (Fsp3) is 0.409. The molecule has 1 aliphatic carbocycles. The van der Waals surface area contributed by atoms with E-state index in [-0.39, 0.29) is 17.3 Å². The quantitative estimate of drug-likeness (QED) is 0.519. The van der Waals surface area contributed by atoms with Crippen LogP contribution in [0.15, 0.2) is 18.2 Å². The molecule has 1 aromatic carbocycles. The van der Waals surface area contributed by atoms with Crippen LogP contribution in [0.3, 0.4) is 0 Å². The number of aromatic nitrogens is 1. The molecule has 0 spiro atoms. The molecule has 3 N–H and O–H groups in total. The van der Waals surface area contributed by atoms with Crippen molar-refractivity contribution in [2.24, 2.45) is 12.8 Å². The Balaban J connectivity index is 2.07. The molecule has 1 saturated carbocycles. The molecule has 31 heavy (non-hydrogen) atoms. The number of nitrogens with two attached hydrogens (primary N) is 1. The summed E-state index contributed by atoms with van der Waals surface area (Å²) in [7, 11) is 1.62. The minimum absolute atomic E-state index is 0.116. The lowest BCUT2D eigenvalue weighted by Crippen LogP contribution is -2.46. The second kappa shape index (κ2) is 9.02. The van der Waals surface area contributed by atoms with Crippen LogP contribution in [0.5, 0.6) is 0 Å². The molecule has 0 saturated heterocycles. The number of anilines is 1. The van der Waals surface area contributed by atoms with Crippen molar-refractivity contribution in [2.45, 2.75) is 51.7 Å². The van der Waals surface area contributed by atoms with Gasteiger partial charge in [-0.05, 0) is 63.3 Å². The molecule has 0 atom stereocenters. The zero-order valence-corrected chi connectivity index (χ0v) is 19.1. The summed E-state index contributed by atoms with van der Waals surface area (Å²) < 4.78 is 1.52. The van der Waals surface area contributed by atoms with Gasteiger partial charge in [0.1, 0.15) is 0 Å². The fourth-order valence-corrected chi connectivity index (χ4v) is 4.88. The standard InChI is InChI=1S/C22H25Cl2N3O4/c1-11-18(21(25)30)12(2)26(3)19(11)20(29)22(31)27(15-4-6-17(28)7-5-15)16-9-13(23)8-14(24)10-16/h8-10,15,17,28H,4-7H2,1-3H3,(H2,25,30). The summed E-state index contributed by atoms with van der Waals surface area (Å²) in [5, 5.41) is 10.6. The summed E-state index contributed by atoms with van der Waals surface area (Å²) in [6.07, 6.45) is 1.67. The van der Waals surface area contributed by atoms with Gasteiger partial charge < -0.3 is 20.3 Å². The Morgan fingerprint density at radius 1 is 1.06 bits per heavy atom. The van der Waals surface area contributed by atoms with Crippen LogP contribution in [0.4, 0.5) is 5.69 Å². The number of Topliss-reactive ketones (excluding diaryl/α,β-unsaturated/α-hetero) is 1. The number of hydrogen-bond acceptors (Lipinski definition) is 4. The minimum atomic E-state index is -0.752. The third-order valence-electron chi connectivity index (χ3n) is 5.96. The molecule has 7 nitrogen and oxygen atoms in total. The lowest BCUT2D eigenvalue weighted by molar-refractivity contribution is -0.115. The molecule has 9 heteroatoms. The van der Waals surface area contributed by atoms with Gasteiger partial charge in [0.15, 0.2) is 0 Å². The SMILES string of the molecule is Cc1c(C(N)=O)c(C)n(C)c1C(=O)C(=O)N(c1cc(Cl)cc(Cl)c1)C1CCC(O)CC1. The number of carbonyl (C=O) groups excluding carboxylic acids is 3. The van der Waals surface area contributed by atoms with E-state index >= 15 is 0 Å². The first-order valence-electron chi connectivity index (χ1n) is 10.0. The van der Waals surface area contributed by atoms with Gasteiger partial charge in [-0.1, -0.05) is 23.2 Å². The van der Waals surface area contributed by atoms with E-state index in [2.05, 4.69) is 0 Å². The average Bonchev–Trinajstić information content (AvgIpc) is 2.90. The van der Waals surface area contributed by atoms with Crippen LogP contribution >= 0.6 is 23.2 Å². The summed E-state index contributed by atoms with van der Waals surface area (Å²) in [6, 6.07) is 4.42. The molecule has 0 aliphatic heterocycles. The number of ketones is 1. The Kier molecular flexibility index (Phi) is 6.79. The number of hydrogen-bond donors (Lipinski definition) is 2. The lowest BCUT2D eigenvalue weighted by Gasteiger charge is -2.35. The van der Waals surface area contributed by atoms with Gasteiger partial charge >= 0.3 is 5.91 Å². The van der Waals surface area contributed by atoms with Crippen LogP contribution in [0, 0.1) is 13.8 Å². The van der Waals surface area contributed by atoms with Crippen molar-refractivity contribution in [3.05, 3.63) is 50.8 Å². The summed E-state index contributed by atoms with van der Waals surface area (Å²) in [5.74, 6) is -2.16. The molecular weight excluding hydrogens is 441 g/mol. The van der Waals surface area contributed by atoms with E-state index in [1.807, 2.05) is 0 Å². The van der Waals surface area contributed by atoms with Crippen LogP contribution in [0.1, 0.15) is 57.8 Å². The minimum Gasteiger partial charge on any atom is -0.393 e. The van der Waals surface area contributed by atoms with E-state index in [4.69, 9.17) is 28.9 Å². The number of rotatable bonds is 5. The summed E-state index contributed by atoms with van der Waals surface area (Å²) >= 11 is 12.3. The number of primary amides is 1. The van der Waals surface area contributed by atoms with Crippen molar-refractivity contribution in [3.63, 3.8) is 0 Å². The van der Waals surface area contributed by atoms with Crippen LogP contribution < -0.4 is 10.6 Å². The van der Waals surface area contributed by atoms with Gasteiger partial charge in [-0.15, -0.1) is 0 Å². The Bertz CT molecular complexity index is 1040. The number of benzene rings is 1. The highest BCUT2D eigenvalue weighted by Crippen LogP contribution is 2.33. The van der Waals surface area contributed by atoms with Crippen LogP contribution in [0.2, 0.25) is 10.0 Å². The number of nitrogens with zero attached hydrogens (tertiary/aromatic N) is 2. The molecule has 166 valence electrons. The molecule has 3 rings (SSSR count). The third-order valence-corrected chi connectivity index (χ3v) is 6.40. The number of halogens is 2. The zero-order valence-electron chi connectivity index (χ0n) is 17.6. The molecule has 1 fully saturated rings.